The summed E-state index contributed by atoms with van der Waals surface area (Å²) in [7, 11) is 0. The van der Waals surface area contributed by atoms with Crippen molar-refractivity contribution in [1.82, 2.24) is 9.55 Å². The molecule has 1 saturated heterocycles. The average molecular weight is 304 g/mol. The van der Waals surface area contributed by atoms with E-state index in [2.05, 4.69) is 4.98 Å². The lowest BCUT2D eigenvalue weighted by Gasteiger charge is -2.33. The molecule has 0 unspecified atom stereocenters. The van der Waals surface area contributed by atoms with Crippen molar-refractivity contribution in [2.24, 2.45) is 0 Å². The smallest absolute Gasteiger partial charge is 0.330 e. The highest BCUT2D eigenvalue weighted by Crippen LogP contribution is 2.36. The van der Waals surface area contributed by atoms with E-state index in [-0.39, 0.29) is 5.75 Å². The van der Waals surface area contributed by atoms with Crippen LogP contribution < -0.4 is 11.2 Å². The Morgan fingerprint density at radius 1 is 1.50 bits per heavy atom. The second kappa shape index (κ2) is 5.70. The van der Waals surface area contributed by atoms with Gasteiger partial charge in [-0.15, -0.1) is 0 Å². The van der Waals surface area contributed by atoms with Crippen LogP contribution in [0.2, 0.25) is 0 Å². The number of rotatable bonds is 4. The zero-order chi connectivity index (χ0) is 14.9. The first kappa shape index (κ1) is 15.3. The molecule has 112 valence electrons. The molecule has 2 heterocycles. The van der Waals surface area contributed by atoms with E-state index in [4.69, 9.17) is 9.84 Å². The van der Waals surface area contributed by atoms with E-state index in [1.54, 1.807) is 6.26 Å². The van der Waals surface area contributed by atoms with Crippen molar-refractivity contribution in [3.05, 3.63) is 33.1 Å². The maximum Gasteiger partial charge on any atom is 0.330 e. The summed E-state index contributed by atoms with van der Waals surface area (Å²) < 4.78 is 6.58. The number of aliphatic hydroxyl groups excluding tert-OH is 3. The average Bonchev–Trinajstić information content (AvgIpc) is 2.65. The predicted octanol–water partition coefficient (Wildman–Crippen LogP) is -2.33. The van der Waals surface area contributed by atoms with Gasteiger partial charge in [0.05, 0.1) is 6.61 Å². The van der Waals surface area contributed by atoms with Crippen LogP contribution in [0.1, 0.15) is 0 Å². The lowest BCUT2D eigenvalue weighted by Crippen LogP contribution is -2.53. The monoisotopic (exact) mass is 304 g/mol. The van der Waals surface area contributed by atoms with Crippen LogP contribution in [0, 0.1) is 0 Å². The highest BCUT2D eigenvalue weighted by molar-refractivity contribution is 7.98. The van der Waals surface area contributed by atoms with Crippen molar-refractivity contribution < 1.29 is 20.1 Å². The normalized spacial score (nSPS) is 33.5. The summed E-state index contributed by atoms with van der Waals surface area (Å²) >= 11 is 1.29. The van der Waals surface area contributed by atoms with Crippen LogP contribution in [-0.4, -0.2) is 61.8 Å². The molecule has 2 rings (SSSR count). The standard InChI is InChI=1S/C11H16N2O6S/c1-20-5-11(9(17)8(16)6(4-14)19-11)13-3-2-7(15)12-10(13)18/h2-3,6,8-9,14,16-17H,4-5H2,1H3,(H,12,15,18)/t6-,8-,9-,11-/m1/s1. The van der Waals surface area contributed by atoms with E-state index in [1.807, 2.05) is 0 Å². The van der Waals surface area contributed by atoms with Gasteiger partial charge in [-0.3, -0.25) is 14.3 Å². The number of nitrogens with one attached hydrogen (secondary N) is 1. The first-order chi connectivity index (χ1) is 9.46. The van der Waals surface area contributed by atoms with Gasteiger partial charge in [0.2, 0.25) is 0 Å². The molecule has 0 aromatic carbocycles. The quantitative estimate of drug-likeness (QED) is 0.491. The summed E-state index contributed by atoms with van der Waals surface area (Å²) in [5.74, 6) is 0.160. The molecule has 0 amide bonds. The van der Waals surface area contributed by atoms with Crippen LogP contribution in [0.25, 0.3) is 0 Å². The van der Waals surface area contributed by atoms with Crippen LogP contribution in [0.3, 0.4) is 0 Å². The lowest BCUT2D eigenvalue weighted by atomic mass is 10.0. The molecular formula is C11H16N2O6S. The van der Waals surface area contributed by atoms with Crippen molar-refractivity contribution in [3.63, 3.8) is 0 Å². The van der Waals surface area contributed by atoms with E-state index >= 15 is 0 Å². The Kier molecular flexibility index (Phi) is 4.35. The van der Waals surface area contributed by atoms with Gasteiger partial charge < -0.3 is 20.1 Å². The summed E-state index contributed by atoms with van der Waals surface area (Å²) in [6.45, 7) is -0.494. The Balaban J connectivity index is 2.55. The molecule has 4 N–H and O–H groups in total. The third kappa shape index (κ3) is 2.31. The summed E-state index contributed by atoms with van der Waals surface area (Å²) in [6.07, 6.45) is -0.794. The summed E-state index contributed by atoms with van der Waals surface area (Å²) in [5.41, 5.74) is -2.86. The lowest BCUT2D eigenvalue weighted by molar-refractivity contribution is -0.133. The van der Waals surface area contributed by atoms with Crippen molar-refractivity contribution in [2.45, 2.75) is 24.0 Å². The maximum absolute atomic E-state index is 11.9. The van der Waals surface area contributed by atoms with E-state index < -0.39 is 41.9 Å². The molecule has 1 aromatic rings. The molecule has 0 spiro atoms. The largest absolute Gasteiger partial charge is 0.394 e. The SMILES string of the molecule is CSC[C@@]1(n2ccc(=O)[nH]c2=O)O[C@H](CO)[C@@H](O)[C@H]1O. The number of aromatic nitrogens is 2. The van der Waals surface area contributed by atoms with Gasteiger partial charge in [0.1, 0.15) is 18.3 Å². The first-order valence-electron chi connectivity index (χ1n) is 5.92. The fraction of sp³-hybridized carbons (Fsp3) is 0.636. The van der Waals surface area contributed by atoms with Gasteiger partial charge in [-0.2, -0.15) is 11.8 Å². The molecule has 20 heavy (non-hydrogen) atoms. The number of hydrogen-bond donors (Lipinski definition) is 4. The number of aromatic amines is 1. The zero-order valence-corrected chi connectivity index (χ0v) is 11.5. The van der Waals surface area contributed by atoms with Crippen molar-refractivity contribution >= 4 is 11.8 Å². The van der Waals surface area contributed by atoms with Gasteiger partial charge in [-0.25, -0.2) is 4.79 Å². The Bertz CT molecular complexity index is 587. The fourth-order valence-corrected chi connectivity index (χ4v) is 3.12. The topological polar surface area (TPSA) is 125 Å². The molecule has 9 heteroatoms. The minimum atomic E-state index is -1.53. The number of ether oxygens (including phenoxy) is 1. The number of thioether (sulfide) groups is 1. The Labute approximate surface area is 118 Å². The molecule has 8 nitrogen and oxygen atoms in total. The molecule has 0 radical (unpaired) electrons. The summed E-state index contributed by atoms with van der Waals surface area (Å²) in [4.78, 5) is 25.1. The van der Waals surface area contributed by atoms with Crippen molar-refractivity contribution in [1.29, 1.82) is 0 Å². The second-order valence-corrected chi connectivity index (χ2v) is 5.40. The fourth-order valence-electron chi connectivity index (χ4n) is 2.33. The highest BCUT2D eigenvalue weighted by Gasteiger charge is 2.55. The van der Waals surface area contributed by atoms with E-state index in [0.29, 0.717) is 0 Å². The van der Waals surface area contributed by atoms with Gasteiger partial charge in [-0.05, 0) is 6.26 Å². The van der Waals surface area contributed by atoms with Gasteiger partial charge in [-0.1, -0.05) is 0 Å². The second-order valence-electron chi connectivity index (χ2n) is 4.53. The van der Waals surface area contributed by atoms with Crippen molar-refractivity contribution in [2.75, 3.05) is 18.6 Å². The minimum Gasteiger partial charge on any atom is -0.394 e. The van der Waals surface area contributed by atoms with Crippen molar-refractivity contribution in [3.8, 4) is 0 Å². The third-order valence-corrected chi connectivity index (χ3v) is 3.99. The predicted molar refractivity (Wildman–Crippen MR) is 71.7 cm³/mol. The Hall–Kier alpha value is -1.13. The number of H-pyrrole nitrogens is 1. The third-order valence-electron chi connectivity index (χ3n) is 3.28. The van der Waals surface area contributed by atoms with Gasteiger partial charge in [0.15, 0.2) is 5.72 Å². The summed E-state index contributed by atoms with van der Waals surface area (Å²) in [6, 6.07) is 1.12. The van der Waals surface area contributed by atoms with Gasteiger partial charge >= 0.3 is 5.69 Å². The summed E-state index contributed by atoms with van der Waals surface area (Å²) in [5, 5.41) is 29.3. The molecule has 0 saturated carbocycles. The molecule has 0 bridgehead atoms. The first-order valence-corrected chi connectivity index (χ1v) is 7.32. The van der Waals surface area contributed by atoms with Gasteiger partial charge in [0, 0.05) is 18.0 Å². The molecule has 4 atom stereocenters. The zero-order valence-electron chi connectivity index (χ0n) is 10.7. The molecule has 1 fully saturated rings. The Morgan fingerprint density at radius 3 is 2.70 bits per heavy atom. The molecule has 0 aliphatic carbocycles. The van der Waals surface area contributed by atoms with E-state index in [0.717, 1.165) is 10.6 Å². The minimum absolute atomic E-state index is 0.160. The van der Waals surface area contributed by atoms with Crippen LogP contribution in [0.4, 0.5) is 0 Å². The molecular weight excluding hydrogens is 288 g/mol. The van der Waals surface area contributed by atoms with Crippen LogP contribution >= 0.6 is 11.8 Å². The van der Waals surface area contributed by atoms with Crippen LogP contribution in [0.15, 0.2) is 21.9 Å². The van der Waals surface area contributed by atoms with E-state index in [1.165, 1.54) is 18.0 Å². The Morgan fingerprint density at radius 2 is 2.20 bits per heavy atom. The van der Waals surface area contributed by atoms with Crippen LogP contribution in [-0.2, 0) is 10.5 Å². The molecule has 1 aliphatic heterocycles. The number of hydrogen-bond acceptors (Lipinski definition) is 7. The molecule has 1 aliphatic rings. The van der Waals surface area contributed by atoms with E-state index in [9.17, 15) is 19.8 Å². The van der Waals surface area contributed by atoms with Gasteiger partial charge in [0.25, 0.3) is 5.56 Å². The molecule has 1 aromatic heterocycles. The van der Waals surface area contributed by atoms with Crippen LogP contribution in [0.5, 0.6) is 0 Å². The maximum atomic E-state index is 11.9. The highest BCUT2D eigenvalue weighted by atomic mass is 32.2. The number of aliphatic hydroxyl groups is 3. The number of nitrogens with zero attached hydrogens (tertiary/aromatic N) is 1.